The SMILES string of the molecule is O=C(NCC(=O)N1CCc2ccccc2C1)NC1CCCCCCC1. The van der Waals surface area contributed by atoms with Crippen LogP contribution in [0.25, 0.3) is 0 Å². The summed E-state index contributed by atoms with van der Waals surface area (Å²) < 4.78 is 0. The highest BCUT2D eigenvalue weighted by Crippen LogP contribution is 2.18. The average molecular weight is 343 g/mol. The minimum atomic E-state index is -0.212. The number of rotatable bonds is 3. The van der Waals surface area contributed by atoms with Crippen LogP contribution in [0, 0.1) is 0 Å². The van der Waals surface area contributed by atoms with Crippen molar-refractivity contribution in [3.8, 4) is 0 Å². The maximum Gasteiger partial charge on any atom is 0.315 e. The third-order valence-electron chi connectivity index (χ3n) is 5.32. The molecule has 136 valence electrons. The summed E-state index contributed by atoms with van der Waals surface area (Å²) in [4.78, 5) is 26.3. The topological polar surface area (TPSA) is 61.4 Å². The van der Waals surface area contributed by atoms with Gasteiger partial charge in [-0.05, 0) is 30.4 Å². The first kappa shape index (κ1) is 17.8. The van der Waals surface area contributed by atoms with Crippen LogP contribution >= 0.6 is 0 Å². The van der Waals surface area contributed by atoms with Crippen molar-refractivity contribution in [2.75, 3.05) is 13.1 Å². The minimum Gasteiger partial charge on any atom is -0.336 e. The summed E-state index contributed by atoms with van der Waals surface area (Å²) in [5.74, 6) is -0.0117. The maximum absolute atomic E-state index is 12.4. The highest BCUT2D eigenvalue weighted by molar-refractivity contribution is 5.84. The van der Waals surface area contributed by atoms with E-state index in [0.717, 1.165) is 25.8 Å². The Labute approximate surface area is 150 Å². The molecule has 5 nitrogen and oxygen atoms in total. The van der Waals surface area contributed by atoms with E-state index in [0.29, 0.717) is 6.54 Å². The van der Waals surface area contributed by atoms with Crippen molar-refractivity contribution >= 4 is 11.9 Å². The number of fused-ring (bicyclic) bond motifs is 1. The van der Waals surface area contributed by atoms with E-state index in [1.54, 1.807) is 0 Å². The lowest BCUT2D eigenvalue weighted by molar-refractivity contribution is -0.131. The maximum atomic E-state index is 12.4. The number of hydrogen-bond donors (Lipinski definition) is 2. The number of carbonyl (C=O) groups excluding carboxylic acids is 2. The normalized spacial score (nSPS) is 18.6. The monoisotopic (exact) mass is 343 g/mol. The van der Waals surface area contributed by atoms with Gasteiger partial charge in [0.15, 0.2) is 0 Å². The Balaban J connectivity index is 1.42. The van der Waals surface area contributed by atoms with Gasteiger partial charge in [-0.25, -0.2) is 4.79 Å². The molecule has 1 aliphatic carbocycles. The molecule has 5 heteroatoms. The number of amides is 3. The molecule has 2 N–H and O–H groups in total. The van der Waals surface area contributed by atoms with Gasteiger partial charge in [-0.2, -0.15) is 0 Å². The Bertz CT molecular complexity index is 594. The third kappa shape index (κ3) is 5.21. The summed E-state index contributed by atoms with van der Waals surface area (Å²) in [6, 6.07) is 8.28. The Kier molecular flexibility index (Phi) is 6.31. The van der Waals surface area contributed by atoms with Gasteiger partial charge in [-0.3, -0.25) is 4.79 Å². The molecule has 1 fully saturated rings. The van der Waals surface area contributed by atoms with Crippen LogP contribution < -0.4 is 10.6 Å². The summed E-state index contributed by atoms with van der Waals surface area (Å²) >= 11 is 0. The predicted octanol–water partition coefficient (Wildman–Crippen LogP) is 2.98. The van der Waals surface area contributed by atoms with Crippen LogP contribution in [-0.4, -0.2) is 36.0 Å². The molecular weight excluding hydrogens is 314 g/mol. The summed E-state index contributed by atoms with van der Waals surface area (Å²) in [6.07, 6.45) is 9.16. The van der Waals surface area contributed by atoms with E-state index in [4.69, 9.17) is 0 Å². The van der Waals surface area contributed by atoms with E-state index < -0.39 is 0 Å². The summed E-state index contributed by atoms with van der Waals surface area (Å²) in [5.41, 5.74) is 2.53. The molecule has 0 radical (unpaired) electrons. The van der Waals surface area contributed by atoms with Crippen LogP contribution in [0.2, 0.25) is 0 Å². The summed E-state index contributed by atoms with van der Waals surface area (Å²) in [7, 11) is 0. The average Bonchev–Trinajstić information content (AvgIpc) is 2.61. The second kappa shape index (κ2) is 8.88. The lowest BCUT2D eigenvalue weighted by Crippen LogP contribution is -2.47. The van der Waals surface area contributed by atoms with Gasteiger partial charge in [0.25, 0.3) is 0 Å². The largest absolute Gasteiger partial charge is 0.336 e. The second-order valence-corrected chi connectivity index (χ2v) is 7.20. The van der Waals surface area contributed by atoms with Gasteiger partial charge >= 0.3 is 6.03 Å². The number of hydrogen-bond acceptors (Lipinski definition) is 2. The Hall–Kier alpha value is -2.04. The van der Waals surface area contributed by atoms with E-state index in [2.05, 4.69) is 22.8 Å². The first-order chi connectivity index (χ1) is 12.2. The number of carbonyl (C=O) groups is 2. The standard InChI is InChI=1S/C20H29N3O2/c24-19(23-13-12-16-8-6-7-9-17(16)15-23)14-21-20(25)22-18-10-4-2-1-3-5-11-18/h6-9,18H,1-5,10-15H2,(H2,21,22,25). The van der Waals surface area contributed by atoms with E-state index in [9.17, 15) is 9.59 Å². The fourth-order valence-corrected chi connectivity index (χ4v) is 3.81. The molecule has 0 bridgehead atoms. The predicted molar refractivity (Wildman–Crippen MR) is 98.2 cm³/mol. The molecule has 0 atom stereocenters. The highest BCUT2D eigenvalue weighted by Gasteiger charge is 2.21. The second-order valence-electron chi connectivity index (χ2n) is 7.20. The Morgan fingerprint density at radius 2 is 1.68 bits per heavy atom. The van der Waals surface area contributed by atoms with Crippen LogP contribution in [0.4, 0.5) is 4.79 Å². The minimum absolute atomic E-state index is 0.0117. The number of nitrogens with one attached hydrogen (secondary N) is 2. The van der Waals surface area contributed by atoms with Crippen LogP contribution in [0.3, 0.4) is 0 Å². The van der Waals surface area contributed by atoms with Crippen molar-refractivity contribution in [1.29, 1.82) is 0 Å². The molecule has 1 heterocycles. The van der Waals surface area contributed by atoms with Crippen LogP contribution in [0.1, 0.15) is 56.1 Å². The van der Waals surface area contributed by atoms with Crippen molar-refractivity contribution in [2.45, 2.75) is 64.0 Å². The third-order valence-corrected chi connectivity index (χ3v) is 5.32. The summed E-state index contributed by atoms with van der Waals surface area (Å²) in [5, 5.41) is 5.79. The molecule has 0 saturated heterocycles. The zero-order chi connectivity index (χ0) is 17.5. The zero-order valence-electron chi connectivity index (χ0n) is 14.9. The first-order valence-electron chi connectivity index (χ1n) is 9.61. The van der Waals surface area contributed by atoms with Crippen molar-refractivity contribution in [3.05, 3.63) is 35.4 Å². The molecule has 25 heavy (non-hydrogen) atoms. The molecule has 0 unspecified atom stereocenters. The fraction of sp³-hybridized carbons (Fsp3) is 0.600. The zero-order valence-corrected chi connectivity index (χ0v) is 14.9. The van der Waals surface area contributed by atoms with Crippen LogP contribution in [0.15, 0.2) is 24.3 Å². The van der Waals surface area contributed by atoms with Gasteiger partial charge in [-0.15, -0.1) is 0 Å². The number of urea groups is 1. The van der Waals surface area contributed by atoms with Gasteiger partial charge in [-0.1, -0.05) is 56.4 Å². The number of nitrogens with zero attached hydrogens (tertiary/aromatic N) is 1. The quantitative estimate of drug-likeness (QED) is 0.886. The molecule has 1 aromatic rings. The van der Waals surface area contributed by atoms with Gasteiger partial charge < -0.3 is 15.5 Å². The van der Waals surface area contributed by atoms with E-state index >= 15 is 0 Å². The Morgan fingerprint density at radius 1 is 1.00 bits per heavy atom. The van der Waals surface area contributed by atoms with Gasteiger partial charge in [0, 0.05) is 19.1 Å². The van der Waals surface area contributed by atoms with Crippen molar-refractivity contribution in [1.82, 2.24) is 15.5 Å². The lowest BCUT2D eigenvalue weighted by Gasteiger charge is -2.29. The molecule has 1 aromatic carbocycles. The molecule has 0 aromatic heterocycles. The smallest absolute Gasteiger partial charge is 0.315 e. The van der Waals surface area contributed by atoms with Crippen LogP contribution in [0.5, 0.6) is 0 Å². The van der Waals surface area contributed by atoms with Crippen molar-refractivity contribution < 1.29 is 9.59 Å². The van der Waals surface area contributed by atoms with Crippen LogP contribution in [-0.2, 0) is 17.8 Å². The molecule has 2 aliphatic rings. The van der Waals surface area contributed by atoms with Gasteiger partial charge in [0.2, 0.25) is 5.91 Å². The van der Waals surface area contributed by atoms with E-state index in [1.807, 2.05) is 17.0 Å². The Morgan fingerprint density at radius 3 is 2.44 bits per heavy atom. The molecule has 3 rings (SSSR count). The van der Waals surface area contributed by atoms with E-state index in [1.165, 1.54) is 43.2 Å². The molecule has 1 saturated carbocycles. The summed E-state index contributed by atoms with van der Waals surface area (Å²) in [6.45, 7) is 1.43. The van der Waals surface area contributed by atoms with Crippen molar-refractivity contribution in [2.24, 2.45) is 0 Å². The lowest BCUT2D eigenvalue weighted by atomic mass is 9.97. The molecular formula is C20H29N3O2. The van der Waals surface area contributed by atoms with Gasteiger partial charge in [0.05, 0.1) is 6.54 Å². The van der Waals surface area contributed by atoms with E-state index in [-0.39, 0.29) is 24.5 Å². The first-order valence-corrected chi connectivity index (χ1v) is 9.61. The highest BCUT2D eigenvalue weighted by atomic mass is 16.2. The van der Waals surface area contributed by atoms with Gasteiger partial charge in [0.1, 0.15) is 0 Å². The molecule has 3 amide bonds. The molecule has 1 aliphatic heterocycles. The fourth-order valence-electron chi connectivity index (χ4n) is 3.81. The molecule has 0 spiro atoms. The van der Waals surface area contributed by atoms with Crippen molar-refractivity contribution in [3.63, 3.8) is 0 Å². The number of benzene rings is 1.